The minimum absolute atomic E-state index is 0.109. The third-order valence-electron chi connectivity index (χ3n) is 5.74. The quantitative estimate of drug-likeness (QED) is 0.314. The van der Waals surface area contributed by atoms with Gasteiger partial charge in [-0.1, -0.05) is 30.3 Å². The number of aliphatic carboxylic acids is 1. The Morgan fingerprint density at radius 2 is 1.85 bits per heavy atom. The highest BCUT2D eigenvalue weighted by Crippen LogP contribution is 2.20. The standard InChI is InChI=1S/C23H30N6O5/c1-14(24)20(30)27-17(11-16-12-25-13-26-16)21(31)28-18(10-15-6-3-2-4-7-15)22(32)29-9-5-8-19(29)23(33)34/h2-4,6-7,12-14,17-19H,5,8-11,24H2,1H3,(H,25,26)(H,27,30)(H,28,31)(H,33,34). The van der Waals surface area contributed by atoms with Crippen molar-refractivity contribution in [2.75, 3.05) is 6.54 Å². The summed E-state index contributed by atoms with van der Waals surface area (Å²) in [6.45, 7) is 1.80. The minimum atomic E-state index is -1.07. The summed E-state index contributed by atoms with van der Waals surface area (Å²) in [4.78, 5) is 58.7. The van der Waals surface area contributed by atoms with Gasteiger partial charge in [0.25, 0.3) is 0 Å². The van der Waals surface area contributed by atoms with Gasteiger partial charge in [-0.3, -0.25) is 14.4 Å². The maximum absolute atomic E-state index is 13.4. The van der Waals surface area contributed by atoms with Crippen LogP contribution in [0.2, 0.25) is 0 Å². The van der Waals surface area contributed by atoms with Crippen molar-refractivity contribution >= 4 is 23.7 Å². The summed E-state index contributed by atoms with van der Waals surface area (Å²) in [5, 5.41) is 14.9. The fourth-order valence-electron chi connectivity index (χ4n) is 3.94. The number of aromatic amines is 1. The molecule has 34 heavy (non-hydrogen) atoms. The maximum atomic E-state index is 13.4. The maximum Gasteiger partial charge on any atom is 0.326 e. The number of hydrogen-bond acceptors (Lipinski definition) is 6. The third kappa shape index (κ3) is 6.41. The van der Waals surface area contributed by atoms with Crippen molar-refractivity contribution in [2.24, 2.45) is 5.73 Å². The molecule has 182 valence electrons. The second-order valence-corrected chi connectivity index (χ2v) is 8.41. The number of carbonyl (C=O) groups is 4. The van der Waals surface area contributed by atoms with Crippen LogP contribution in [-0.2, 0) is 32.0 Å². The Bertz CT molecular complexity index is 995. The number of hydrogen-bond donors (Lipinski definition) is 5. The molecule has 1 aromatic heterocycles. The van der Waals surface area contributed by atoms with Gasteiger partial charge in [-0.15, -0.1) is 0 Å². The van der Waals surface area contributed by atoms with Gasteiger partial charge in [0, 0.05) is 31.3 Å². The number of carboxylic acids is 1. The van der Waals surface area contributed by atoms with Crippen molar-refractivity contribution in [1.82, 2.24) is 25.5 Å². The van der Waals surface area contributed by atoms with E-state index in [1.807, 2.05) is 30.3 Å². The SMILES string of the molecule is CC(N)C(=O)NC(Cc1cnc[nH]1)C(=O)NC(Cc1ccccc1)C(=O)N1CCCC1C(=O)O. The Balaban J connectivity index is 1.83. The molecule has 11 heteroatoms. The van der Waals surface area contributed by atoms with Crippen LogP contribution in [0.25, 0.3) is 0 Å². The molecule has 1 aliphatic rings. The Hall–Kier alpha value is -3.73. The molecule has 11 nitrogen and oxygen atoms in total. The zero-order valence-electron chi connectivity index (χ0n) is 18.9. The highest BCUT2D eigenvalue weighted by molar-refractivity contribution is 5.94. The van der Waals surface area contributed by atoms with E-state index in [2.05, 4.69) is 20.6 Å². The molecule has 0 saturated carbocycles. The van der Waals surface area contributed by atoms with Crippen LogP contribution in [0.15, 0.2) is 42.9 Å². The van der Waals surface area contributed by atoms with Gasteiger partial charge < -0.3 is 31.4 Å². The molecule has 1 fully saturated rings. The van der Waals surface area contributed by atoms with E-state index in [9.17, 15) is 24.3 Å². The Kier molecular flexibility index (Phi) is 8.36. The zero-order valence-corrected chi connectivity index (χ0v) is 18.9. The molecule has 1 aromatic carbocycles. The van der Waals surface area contributed by atoms with Crippen LogP contribution in [0.5, 0.6) is 0 Å². The van der Waals surface area contributed by atoms with Gasteiger partial charge in [-0.05, 0) is 25.3 Å². The van der Waals surface area contributed by atoms with Gasteiger partial charge in [0.15, 0.2) is 0 Å². The first kappa shape index (κ1) is 24.9. The molecule has 0 radical (unpaired) electrons. The molecule has 4 atom stereocenters. The summed E-state index contributed by atoms with van der Waals surface area (Å²) in [6.07, 6.45) is 4.21. The van der Waals surface area contributed by atoms with Gasteiger partial charge in [0.1, 0.15) is 18.1 Å². The molecule has 2 aromatic rings. The summed E-state index contributed by atoms with van der Waals surface area (Å²) >= 11 is 0. The number of nitrogens with one attached hydrogen (secondary N) is 3. The van der Waals surface area contributed by atoms with Crippen LogP contribution < -0.4 is 16.4 Å². The van der Waals surface area contributed by atoms with Crippen molar-refractivity contribution in [3.8, 4) is 0 Å². The Morgan fingerprint density at radius 3 is 2.47 bits per heavy atom. The van der Waals surface area contributed by atoms with Crippen molar-refractivity contribution in [3.63, 3.8) is 0 Å². The second kappa shape index (κ2) is 11.4. The zero-order chi connectivity index (χ0) is 24.7. The molecule has 0 aliphatic carbocycles. The molecule has 6 N–H and O–H groups in total. The van der Waals surface area contributed by atoms with Gasteiger partial charge in [-0.2, -0.15) is 0 Å². The van der Waals surface area contributed by atoms with Gasteiger partial charge in [0.2, 0.25) is 17.7 Å². The van der Waals surface area contributed by atoms with E-state index in [1.54, 1.807) is 0 Å². The van der Waals surface area contributed by atoms with E-state index in [0.717, 1.165) is 5.56 Å². The number of benzene rings is 1. The third-order valence-corrected chi connectivity index (χ3v) is 5.74. The minimum Gasteiger partial charge on any atom is -0.480 e. The van der Waals surface area contributed by atoms with Crippen LogP contribution in [0, 0.1) is 0 Å². The number of rotatable bonds is 10. The normalized spacial score (nSPS) is 18.1. The highest BCUT2D eigenvalue weighted by atomic mass is 16.4. The first-order chi connectivity index (χ1) is 16.3. The molecule has 0 spiro atoms. The number of H-pyrrole nitrogens is 1. The first-order valence-electron chi connectivity index (χ1n) is 11.2. The number of imidazole rings is 1. The summed E-state index contributed by atoms with van der Waals surface area (Å²) in [5.74, 6) is -2.64. The monoisotopic (exact) mass is 470 g/mol. The van der Waals surface area contributed by atoms with Crippen LogP contribution >= 0.6 is 0 Å². The molecule has 1 saturated heterocycles. The predicted octanol–water partition coefficient (Wildman–Crippen LogP) is -0.413. The smallest absolute Gasteiger partial charge is 0.326 e. The van der Waals surface area contributed by atoms with E-state index in [0.29, 0.717) is 25.1 Å². The molecular weight excluding hydrogens is 440 g/mol. The molecule has 3 amide bonds. The lowest BCUT2D eigenvalue weighted by atomic mass is 10.0. The van der Waals surface area contributed by atoms with E-state index in [-0.39, 0.29) is 12.8 Å². The number of carboxylic acid groups (broad SMARTS) is 1. The number of likely N-dealkylation sites (tertiary alicyclic amines) is 1. The van der Waals surface area contributed by atoms with E-state index < -0.39 is 47.9 Å². The first-order valence-corrected chi connectivity index (χ1v) is 11.2. The number of amides is 3. The van der Waals surface area contributed by atoms with E-state index in [1.165, 1.54) is 24.3 Å². The van der Waals surface area contributed by atoms with Gasteiger partial charge >= 0.3 is 5.97 Å². The van der Waals surface area contributed by atoms with Crippen LogP contribution in [0.3, 0.4) is 0 Å². The van der Waals surface area contributed by atoms with Gasteiger partial charge in [0.05, 0.1) is 12.4 Å². The summed E-state index contributed by atoms with van der Waals surface area (Å²) < 4.78 is 0. The van der Waals surface area contributed by atoms with Crippen molar-refractivity contribution in [1.29, 1.82) is 0 Å². The molecular formula is C23H30N6O5. The van der Waals surface area contributed by atoms with E-state index >= 15 is 0 Å². The number of nitrogens with zero attached hydrogens (tertiary/aromatic N) is 2. The molecule has 0 bridgehead atoms. The number of aromatic nitrogens is 2. The van der Waals surface area contributed by atoms with E-state index in [4.69, 9.17) is 5.73 Å². The number of carbonyl (C=O) groups excluding carboxylic acids is 3. The van der Waals surface area contributed by atoms with Crippen LogP contribution in [-0.4, -0.2) is 74.4 Å². The fourth-order valence-corrected chi connectivity index (χ4v) is 3.94. The topological polar surface area (TPSA) is 171 Å². The Labute approximate surface area is 197 Å². The predicted molar refractivity (Wildman–Crippen MR) is 122 cm³/mol. The second-order valence-electron chi connectivity index (χ2n) is 8.41. The summed E-state index contributed by atoms with van der Waals surface area (Å²) in [7, 11) is 0. The Morgan fingerprint density at radius 1 is 1.15 bits per heavy atom. The van der Waals surface area contributed by atoms with Gasteiger partial charge in [-0.25, -0.2) is 9.78 Å². The average molecular weight is 471 g/mol. The van der Waals surface area contributed by atoms with Crippen LogP contribution in [0.4, 0.5) is 0 Å². The van der Waals surface area contributed by atoms with Crippen LogP contribution in [0.1, 0.15) is 31.0 Å². The summed E-state index contributed by atoms with van der Waals surface area (Å²) in [6, 6.07) is 5.34. The van der Waals surface area contributed by atoms with Crippen molar-refractivity contribution < 1.29 is 24.3 Å². The molecule has 1 aliphatic heterocycles. The molecule has 3 rings (SSSR count). The average Bonchev–Trinajstić information content (AvgIpc) is 3.50. The summed E-state index contributed by atoms with van der Waals surface area (Å²) in [5.41, 5.74) is 7.07. The van der Waals surface area contributed by atoms with Crippen molar-refractivity contribution in [3.05, 3.63) is 54.1 Å². The lowest BCUT2D eigenvalue weighted by Gasteiger charge is -2.29. The largest absolute Gasteiger partial charge is 0.480 e. The highest BCUT2D eigenvalue weighted by Gasteiger charge is 2.38. The lowest BCUT2D eigenvalue weighted by molar-refractivity contribution is -0.149. The molecule has 2 heterocycles. The number of nitrogens with two attached hydrogens (primary N) is 1. The molecule has 4 unspecified atom stereocenters. The fraction of sp³-hybridized carbons (Fsp3) is 0.435. The van der Waals surface area contributed by atoms with Crippen molar-refractivity contribution in [2.45, 2.75) is 56.8 Å². The lowest BCUT2D eigenvalue weighted by Crippen LogP contribution is -2.58.